The van der Waals surface area contributed by atoms with Gasteiger partial charge in [-0.2, -0.15) is 0 Å². The van der Waals surface area contributed by atoms with Gasteiger partial charge in [-0.3, -0.25) is 0 Å². The fraction of sp³-hybridized carbons (Fsp3) is 0.840. The molecule has 1 aliphatic rings. The molecule has 0 saturated heterocycles. The van der Waals surface area contributed by atoms with E-state index in [1.54, 1.807) is 7.11 Å². The first-order valence-electron chi connectivity index (χ1n) is 13.0. The average Bonchev–Trinajstić information content (AvgIpc) is 3.09. The van der Waals surface area contributed by atoms with Gasteiger partial charge >= 0.3 is 8.56 Å². The standard InChI is InChI=1S/C25H47IN3O4SSi2/c1-14(2)35(15(3)4)33-36(16(5)6,17(7)8)32-13-19-12-20(23(31-10)22(19)30)28-24-21(26)18(9)27-25(29-24)34-11/h14-17,19-20,22-23,30H,12-13H2,1-11H3,(H,27,28,29)/t19-,20-,22-,23+/m1/s1. The highest BCUT2D eigenvalue weighted by Gasteiger charge is 2.50. The molecule has 207 valence electrons. The summed E-state index contributed by atoms with van der Waals surface area (Å²) in [6, 6.07) is -0.0721. The summed E-state index contributed by atoms with van der Waals surface area (Å²) in [7, 11) is -1.92. The largest absolute Gasteiger partial charge is 0.435 e. The van der Waals surface area contributed by atoms with Crippen LogP contribution in [0.2, 0.25) is 22.2 Å². The summed E-state index contributed by atoms with van der Waals surface area (Å²) in [5.74, 6) is 0.751. The molecule has 1 saturated carbocycles. The second-order valence-corrected chi connectivity index (χ2v) is 20.9. The van der Waals surface area contributed by atoms with E-state index in [-0.39, 0.29) is 18.1 Å². The van der Waals surface area contributed by atoms with Gasteiger partial charge in [0.1, 0.15) is 11.9 Å². The van der Waals surface area contributed by atoms with E-state index in [9.17, 15) is 5.11 Å². The van der Waals surface area contributed by atoms with Crippen molar-refractivity contribution in [2.45, 2.75) is 114 Å². The van der Waals surface area contributed by atoms with Crippen LogP contribution >= 0.6 is 34.4 Å². The minimum absolute atomic E-state index is 0.0465. The number of aromatic nitrogens is 2. The number of halogens is 1. The number of rotatable bonds is 13. The Labute approximate surface area is 239 Å². The lowest BCUT2D eigenvalue weighted by Gasteiger charge is -2.42. The van der Waals surface area contributed by atoms with Gasteiger partial charge in [0.15, 0.2) is 5.16 Å². The Morgan fingerprint density at radius 3 is 2.17 bits per heavy atom. The van der Waals surface area contributed by atoms with E-state index >= 15 is 0 Å². The van der Waals surface area contributed by atoms with Gasteiger partial charge in [0.25, 0.3) is 0 Å². The molecule has 1 aliphatic carbocycles. The topological polar surface area (TPSA) is 85.7 Å². The summed E-state index contributed by atoms with van der Waals surface area (Å²) in [6.45, 7) is 20.5. The fourth-order valence-corrected chi connectivity index (χ4v) is 15.3. The second-order valence-electron chi connectivity index (χ2n) is 11.1. The Morgan fingerprint density at radius 2 is 1.69 bits per heavy atom. The van der Waals surface area contributed by atoms with Crippen molar-refractivity contribution >= 4 is 57.8 Å². The molecule has 2 rings (SSSR count). The van der Waals surface area contributed by atoms with Crippen molar-refractivity contribution in [2.24, 2.45) is 5.92 Å². The van der Waals surface area contributed by atoms with E-state index in [0.717, 1.165) is 26.7 Å². The van der Waals surface area contributed by atoms with Gasteiger partial charge in [0.2, 0.25) is 9.04 Å². The minimum Gasteiger partial charge on any atom is -0.435 e. The van der Waals surface area contributed by atoms with E-state index in [4.69, 9.17) is 13.3 Å². The summed E-state index contributed by atoms with van der Waals surface area (Å²) in [5, 5.41) is 15.5. The molecule has 1 radical (unpaired) electrons. The van der Waals surface area contributed by atoms with Crippen LogP contribution in [0.25, 0.3) is 0 Å². The number of ether oxygens (including phenoxy) is 1. The molecule has 1 fully saturated rings. The Kier molecular flexibility index (Phi) is 12.7. The Hall–Kier alpha value is 0.234. The first kappa shape index (κ1) is 32.4. The smallest absolute Gasteiger partial charge is 0.333 e. The zero-order valence-electron chi connectivity index (χ0n) is 23.9. The van der Waals surface area contributed by atoms with Gasteiger partial charge in [-0.25, -0.2) is 9.97 Å². The molecular weight excluding hydrogens is 621 g/mol. The van der Waals surface area contributed by atoms with E-state index < -0.39 is 23.7 Å². The predicted molar refractivity (Wildman–Crippen MR) is 163 cm³/mol. The van der Waals surface area contributed by atoms with Crippen molar-refractivity contribution < 1.29 is 18.4 Å². The lowest BCUT2D eigenvalue weighted by atomic mass is 10.1. The highest BCUT2D eigenvalue weighted by atomic mass is 127. The number of thioether (sulfide) groups is 1. The lowest BCUT2D eigenvalue weighted by Crippen LogP contribution is -2.54. The number of aliphatic hydroxyl groups is 1. The van der Waals surface area contributed by atoms with Crippen molar-refractivity contribution in [3.05, 3.63) is 9.26 Å². The summed E-state index contributed by atoms with van der Waals surface area (Å²) in [6.07, 6.45) is 1.74. The molecule has 11 heteroatoms. The zero-order valence-corrected chi connectivity index (χ0v) is 28.9. The van der Waals surface area contributed by atoms with Crippen LogP contribution in [0, 0.1) is 16.4 Å². The maximum absolute atomic E-state index is 11.3. The maximum atomic E-state index is 11.3. The van der Waals surface area contributed by atoms with Gasteiger partial charge in [-0.15, -0.1) is 0 Å². The molecule has 1 aromatic heterocycles. The molecule has 7 nitrogen and oxygen atoms in total. The van der Waals surface area contributed by atoms with Crippen molar-refractivity contribution in [1.29, 1.82) is 0 Å². The summed E-state index contributed by atoms with van der Waals surface area (Å²) < 4.78 is 20.7. The number of aryl methyl sites for hydroxylation is 1. The first-order valence-corrected chi connectivity index (χ1v) is 18.9. The number of nitrogens with one attached hydrogen (secondary N) is 1. The van der Waals surface area contributed by atoms with E-state index in [2.05, 4.69) is 93.3 Å². The van der Waals surface area contributed by atoms with Crippen LogP contribution in [0.15, 0.2) is 5.16 Å². The van der Waals surface area contributed by atoms with Gasteiger partial charge in [-0.05, 0) is 64.4 Å². The van der Waals surface area contributed by atoms with E-state index in [1.807, 2.05) is 13.2 Å². The summed E-state index contributed by atoms with van der Waals surface area (Å²) >= 11 is 3.81. The molecule has 0 aromatic carbocycles. The number of methoxy groups -OCH3 is 1. The molecular formula is C25H47IN3O4SSi2. The van der Waals surface area contributed by atoms with Crippen LogP contribution < -0.4 is 5.32 Å². The Bertz CT molecular complexity index is 834. The molecule has 1 heterocycles. The van der Waals surface area contributed by atoms with Crippen molar-refractivity contribution in [1.82, 2.24) is 9.97 Å². The molecule has 2 N–H and O–H groups in total. The van der Waals surface area contributed by atoms with Crippen LogP contribution in [-0.2, 0) is 13.3 Å². The van der Waals surface area contributed by atoms with Crippen molar-refractivity contribution in [2.75, 3.05) is 25.3 Å². The van der Waals surface area contributed by atoms with Gasteiger partial charge in [-0.1, -0.05) is 67.2 Å². The molecule has 0 spiro atoms. The van der Waals surface area contributed by atoms with Crippen LogP contribution in [0.1, 0.15) is 67.5 Å². The molecule has 1 aromatic rings. The number of hydrogen-bond donors (Lipinski definition) is 2. The molecule has 0 unspecified atom stereocenters. The van der Waals surface area contributed by atoms with Gasteiger partial charge in [0.05, 0.1) is 21.4 Å². The molecule has 4 atom stereocenters. The van der Waals surface area contributed by atoms with Gasteiger partial charge in [0, 0.05) is 19.6 Å². The summed E-state index contributed by atoms with van der Waals surface area (Å²) in [4.78, 5) is 9.22. The highest BCUT2D eigenvalue weighted by Crippen LogP contribution is 2.40. The van der Waals surface area contributed by atoms with E-state index in [0.29, 0.717) is 28.8 Å². The Morgan fingerprint density at radius 1 is 1.11 bits per heavy atom. The second kappa shape index (κ2) is 14.0. The number of nitrogens with zero attached hydrogens (tertiary/aromatic N) is 2. The van der Waals surface area contributed by atoms with Crippen molar-refractivity contribution in [3.8, 4) is 0 Å². The molecule has 36 heavy (non-hydrogen) atoms. The monoisotopic (exact) mass is 668 g/mol. The third-order valence-corrected chi connectivity index (χ3v) is 17.3. The molecule has 0 bridgehead atoms. The van der Waals surface area contributed by atoms with Crippen LogP contribution in [0.4, 0.5) is 5.82 Å². The Balaban J connectivity index is 2.25. The van der Waals surface area contributed by atoms with Crippen LogP contribution in [0.5, 0.6) is 0 Å². The highest BCUT2D eigenvalue weighted by molar-refractivity contribution is 14.1. The summed E-state index contributed by atoms with van der Waals surface area (Å²) in [5.41, 5.74) is 2.60. The van der Waals surface area contributed by atoms with Crippen LogP contribution in [0.3, 0.4) is 0 Å². The normalized spacial score (nSPS) is 23.2. The lowest BCUT2D eigenvalue weighted by molar-refractivity contribution is -0.0205. The maximum Gasteiger partial charge on any atom is 0.333 e. The average molecular weight is 669 g/mol. The van der Waals surface area contributed by atoms with Gasteiger partial charge < -0.3 is 23.7 Å². The number of anilines is 1. The van der Waals surface area contributed by atoms with E-state index in [1.165, 1.54) is 11.8 Å². The third kappa shape index (κ3) is 7.45. The quantitative estimate of drug-likeness (QED) is 0.108. The first-order chi connectivity index (χ1) is 16.8. The van der Waals surface area contributed by atoms with Crippen molar-refractivity contribution in [3.63, 3.8) is 0 Å². The molecule has 0 amide bonds. The number of aliphatic hydroxyl groups excluding tert-OH is 1. The zero-order chi connectivity index (χ0) is 27.4. The molecule has 0 aliphatic heterocycles. The fourth-order valence-electron chi connectivity index (χ4n) is 5.20. The third-order valence-electron chi connectivity index (χ3n) is 7.09. The predicted octanol–water partition coefficient (Wildman–Crippen LogP) is 6.39. The SMILES string of the molecule is CO[C@@H]1[C@H](O)[C@@H](CO[Si](O[Si](C(C)C)C(C)C)(C(C)C)C(C)C)C[C@H]1Nc1nc(SC)nc(C)c1I. The minimum atomic E-state index is -2.54. The van der Waals surface area contributed by atoms with Crippen LogP contribution in [-0.4, -0.2) is 70.9 Å². The number of hydrogen-bond acceptors (Lipinski definition) is 8.